The minimum Gasteiger partial charge on any atom is -0.325 e. The molecular weight excluding hydrogens is 282 g/mol. The average Bonchev–Trinajstić information content (AvgIpc) is 2.43. The summed E-state index contributed by atoms with van der Waals surface area (Å²) in [6.45, 7) is 3.57. The normalized spacial score (nSPS) is 11.2. The van der Waals surface area contributed by atoms with Crippen molar-refractivity contribution >= 4 is 23.4 Å². The van der Waals surface area contributed by atoms with Gasteiger partial charge < -0.3 is 5.32 Å². The van der Waals surface area contributed by atoms with E-state index >= 15 is 0 Å². The van der Waals surface area contributed by atoms with Crippen LogP contribution < -0.4 is 5.32 Å². The summed E-state index contributed by atoms with van der Waals surface area (Å²) in [6, 6.07) is 8.18. The molecule has 0 unspecified atom stereocenters. The van der Waals surface area contributed by atoms with Crippen molar-refractivity contribution < 1.29 is 13.6 Å². The van der Waals surface area contributed by atoms with Crippen LogP contribution in [0.15, 0.2) is 29.2 Å². The number of benzene rings is 1. The molecule has 1 aromatic carbocycles. The van der Waals surface area contributed by atoms with Crippen LogP contribution in [0.5, 0.6) is 0 Å². The highest BCUT2D eigenvalue weighted by Gasteiger charge is 2.34. The molecule has 20 heavy (non-hydrogen) atoms. The van der Waals surface area contributed by atoms with Crippen LogP contribution in [-0.2, 0) is 4.79 Å². The van der Waals surface area contributed by atoms with Gasteiger partial charge in [-0.25, -0.2) is 0 Å². The Morgan fingerprint density at radius 1 is 1.35 bits per heavy atom. The van der Waals surface area contributed by atoms with Crippen LogP contribution >= 0.6 is 11.8 Å². The van der Waals surface area contributed by atoms with E-state index < -0.39 is 11.2 Å². The number of nitrogens with one attached hydrogen (secondary N) is 1. The van der Waals surface area contributed by atoms with Gasteiger partial charge in [0, 0.05) is 10.6 Å². The molecule has 0 heterocycles. The number of amides is 1. The Balaban J connectivity index is 2.79. The summed E-state index contributed by atoms with van der Waals surface area (Å²) in [5.41, 5.74) is -0.550. The van der Waals surface area contributed by atoms with Gasteiger partial charge in [0.2, 0.25) is 5.91 Å². The first kappa shape index (κ1) is 16.4. The maximum absolute atomic E-state index is 12.2. The Bertz CT molecular complexity index is 493. The summed E-state index contributed by atoms with van der Waals surface area (Å²) < 4.78 is 24.4. The molecule has 108 valence electrons. The largest absolute Gasteiger partial charge is 0.325 e. The lowest BCUT2D eigenvalue weighted by Gasteiger charge is -2.22. The number of carbonyl (C=O) groups excluding carboxylic acids is 1. The second-order valence-corrected chi connectivity index (χ2v) is 5.32. The van der Waals surface area contributed by atoms with E-state index in [4.69, 9.17) is 0 Å². The number of thioether (sulfide) groups is 1. The van der Waals surface area contributed by atoms with Crippen molar-refractivity contribution in [3.8, 4) is 6.07 Å². The Morgan fingerprint density at radius 2 is 1.90 bits per heavy atom. The van der Waals surface area contributed by atoms with E-state index in [1.54, 1.807) is 26.0 Å². The Hall–Kier alpha value is -1.61. The monoisotopic (exact) mass is 298 g/mol. The summed E-state index contributed by atoms with van der Waals surface area (Å²) >= 11 is 0.447. The molecule has 1 rings (SSSR count). The summed E-state index contributed by atoms with van der Waals surface area (Å²) in [4.78, 5) is 12.6. The first-order valence-corrected chi connectivity index (χ1v) is 7.13. The van der Waals surface area contributed by atoms with Gasteiger partial charge in [-0.3, -0.25) is 4.79 Å². The molecule has 6 heteroatoms. The molecule has 0 fully saturated rings. The van der Waals surface area contributed by atoms with Crippen molar-refractivity contribution in [1.82, 2.24) is 0 Å². The Kier molecular flexibility index (Phi) is 5.96. The highest BCUT2D eigenvalue weighted by Crippen LogP contribution is 2.29. The number of carbonyl (C=O) groups is 1. The molecule has 0 aliphatic carbocycles. The minimum absolute atomic E-state index is 0.362. The highest BCUT2D eigenvalue weighted by molar-refractivity contribution is 7.99. The van der Waals surface area contributed by atoms with Gasteiger partial charge in [0.1, 0.15) is 5.41 Å². The quantitative estimate of drug-likeness (QED) is 0.798. The predicted octanol–water partition coefficient (Wildman–Crippen LogP) is 4.27. The fraction of sp³-hybridized carbons (Fsp3) is 0.429. The van der Waals surface area contributed by atoms with Crippen LogP contribution in [0.4, 0.5) is 14.5 Å². The van der Waals surface area contributed by atoms with Gasteiger partial charge in [0.05, 0.1) is 6.07 Å². The molecule has 0 bridgehead atoms. The molecule has 1 N–H and O–H groups in total. The fourth-order valence-corrected chi connectivity index (χ4v) is 2.25. The molecule has 0 aromatic heterocycles. The number of alkyl halides is 2. The maximum Gasteiger partial charge on any atom is 0.288 e. The molecule has 0 saturated carbocycles. The predicted molar refractivity (Wildman–Crippen MR) is 75.6 cm³/mol. The molecule has 0 saturated heterocycles. The number of hydrogen-bond donors (Lipinski definition) is 1. The molecule has 0 aliphatic rings. The first-order valence-electron chi connectivity index (χ1n) is 6.25. The zero-order valence-corrected chi connectivity index (χ0v) is 12.1. The smallest absolute Gasteiger partial charge is 0.288 e. The van der Waals surface area contributed by atoms with E-state index in [1.807, 2.05) is 0 Å². The molecule has 3 nitrogen and oxygen atoms in total. The third-order valence-electron chi connectivity index (χ3n) is 3.19. The second-order valence-electron chi connectivity index (χ2n) is 4.26. The Labute approximate surface area is 121 Å². The van der Waals surface area contributed by atoms with Crippen molar-refractivity contribution in [2.75, 3.05) is 5.32 Å². The molecular formula is C14H16F2N2OS. The number of rotatable bonds is 6. The van der Waals surface area contributed by atoms with Crippen LogP contribution in [-0.4, -0.2) is 11.7 Å². The third-order valence-corrected chi connectivity index (χ3v) is 3.92. The van der Waals surface area contributed by atoms with Gasteiger partial charge in [0.25, 0.3) is 5.76 Å². The molecule has 1 amide bonds. The summed E-state index contributed by atoms with van der Waals surface area (Å²) in [5.74, 6) is -2.83. The maximum atomic E-state index is 12.2. The third kappa shape index (κ3) is 3.94. The standard InChI is InChI=1S/C14H16F2N2OS/c1-3-14(4-2,9-17)12(19)18-10-5-7-11(8-6-10)20-13(15)16/h5-8,13H,3-4H2,1-2H3,(H,18,19). The SMILES string of the molecule is CCC(C#N)(CC)C(=O)Nc1ccc(SC(F)F)cc1. The fourth-order valence-electron chi connectivity index (χ4n) is 1.75. The number of hydrogen-bond acceptors (Lipinski definition) is 3. The molecule has 0 aliphatic heterocycles. The second kappa shape index (κ2) is 7.25. The van der Waals surface area contributed by atoms with Gasteiger partial charge in [-0.05, 0) is 37.1 Å². The number of nitrogens with zero attached hydrogens (tertiary/aromatic N) is 1. The number of nitriles is 1. The van der Waals surface area contributed by atoms with E-state index in [0.29, 0.717) is 35.2 Å². The van der Waals surface area contributed by atoms with Crippen LogP contribution in [0.25, 0.3) is 0 Å². The Morgan fingerprint density at radius 3 is 2.30 bits per heavy atom. The van der Waals surface area contributed by atoms with E-state index in [9.17, 15) is 18.8 Å². The van der Waals surface area contributed by atoms with Crippen LogP contribution in [0.2, 0.25) is 0 Å². The summed E-state index contributed by atoms with van der Waals surface area (Å²) in [7, 11) is 0. The number of halogens is 2. The van der Waals surface area contributed by atoms with E-state index in [0.717, 1.165) is 0 Å². The molecule has 0 radical (unpaired) electrons. The molecule has 1 aromatic rings. The minimum atomic E-state index is -2.47. The van der Waals surface area contributed by atoms with E-state index in [2.05, 4.69) is 11.4 Å². The molecule has 0 atom stereocenters. The number of anilines is 1. The van der Waals surface area contributed by atoms with Crippen molar-refractivity contribution in [1.29, 1.82) is 5.26 Å². The van der Waals surface area contributed by atoms with Crippen molar-refractivity contribution in [2.24, 2.45) is 5.41 Å². The van der Waals surface area contributed by atoms with Gasteiger partial charge in [-0.2, -0.15) is 14.0 Å². The lowest BCUT2D eigenvalue weighted by molar-refractivity contribution is -0.123. The highest BCUT2D eigenvalue weighted by atomic mass is 32.2. The van der Waals surface area contributed by atoms with Gasteiger partial charge in [-0.15, -0.1) is 0 Å². The lowest BCUT2D eigenvalue weighted by atomic mass is 9.83. The zero-order chi connectivity index (χ0) is 15.2. The average molecular weight is 298 g/mol. The van der Waals surface area contributed by atoms with Gasteiger partial charge in [-0.1, -0.05) is 25.6 Å². The van der Waals surface area contributed by atoms with Crippen molar-refractivity contribution in [3.63, 3.8) is 0 Å². The summed E-state index contributed by atoms with van der Waals surface area (Å²) in [6.07, 6.45) is 0.844. The van der Waals surface area contributed by atoms with Crippen molar-refractivity contribution in [2.45, 2.75) is 37.3 Å². The summed E-state index contributed by atoms with van der Waals surface area (Å²) in [5, 5.41) is 11.8. The van der Waals surface area contributed by atoms with Gasteiger partial charge in [0.15, 0.2) is 0 Å². The lowest BCUT2D eigenvalue weighted by Crippen LogP contribution is -2.33. The van der Waals surface area contributed by atoms with Crippen LogP contribution in [0.1, 0.15) is 26.7 Å². The van der Waals surface area contributed by atoms with E-state index in [-0.39, 0.29) is 5.91 Å². The zero-order valence-electron chi connectivity index (χ0n) is 11.3. The van der Waals surface area contributed by atoms with Crippen molar-refractivity contribution in [3.05, 3.63) is 24.3 Å². The van der Waals surface area contributed by atoms with E-state index in [1.165, 1.54) is 12.1 Å². The van der Waals surface area contributed by atoms with Crippen LogP contribution in [0, 0.1) is 16.7 Å². The van der Waals surface area contributed by atoms with Crippen LogP contribution in [0.3, 0.4) is 0 Å². The topological polar surface area (TPSA) is 52.9 Å². The van der Waals surface area contributed by atoms with Gasteiger partial charge >= 0.3 is 0 Å². The first-order chi connectivity index (χ1) is 9.47. The molecule has 0 spiro atoms.